The van der Waals surface area contributed by atoms with Gasteiger partial charge in [-0.3, -0.25) is 4.79 Å². The molecule has 1 saturated heterocycles. The summed E-state index contributed by atoms with van der Waals surface area (Å²) in [5.74, 6) is 0.204. The van der Waals surface area contributed by atoms with E-state index in [1.165, 1.54) is 0 Å². The third-order valence-corrected chi connectivity index (χ3v) is 6.34. The fourth-order valence-corrected chi connectivity index (χ4v) is 4.74. The van der Waals surface area contributed by atoms with Crippen molar-refractivity contribution in [3.63, 3.8) is 0 Å². The van der Waals surface area contributed by atoms with Crippen molar-refractivity contribution in [1.29, 1.82) is 0 Å². The van der Waals surface area contributed by atoms with Gasteiger partial charge in [-0.15, -0.1) is 0 Å². The molecule has 6 nitrogen and oxygen atoms in total. The number of rotatable bonds is 5. The van der Waals surface area contributed by atoms with Crippen LogP contribution in [0.3, 0.4) is 0 Å². The zero-order valence-electron chi connectivity index (χ0n) is 10.9. The molecule has 1 aliphatic rings. The number of sulfonamides is 1. The summed E-state index contributed by atoms with van der Waals surface area (Å²) in [6, 6.07) is 0. The molecule has 2 heterocycles. The summed E-state index contributed by atoms with van der Waals surface area (Å²) < 4.78 is 32.4. The first kappa shape index (κ1) is 14.7. The molecule has 0 amide bonds. The Morgan fingerprint density at radius 2 is 2.26 bits per heavy atom. The molecule has 2 N–H and O–H groups in total. The fourth-order valence-electron chi connectivity index (χ4n) is 2.31. The minimum absolute atomic E-state index is 0.0736. The Bertz CT molecular complexity index is 590. The fraction of sp³-hybridized carbons (Fsp3) is 0.727. The van der Waals surface area contributed by atoms with Gasteiger partial charge < -0.3 is 9.72 Å². The van der Waals surface area contributed by atoms with Crippen LogP contribution in [0.25, 0.3) is 0 Å². The number of aromatic amines is 1. The molecular formula is C11H18N2O4S2. The Hall–Kier alpha value is -0.700. The zero-order chi connectivity index (χ0) is 14.0. The Labute approximate surface area is 116 Å². The maximum Gasteiger partial charge on any atom is 0.305 e. The maximum atomic E-state index is 12.1. The van der Waals surface area contributed by atoms with Gasteiger partial charge in [-0.2, -0.15) is 0 Å². The molecule has 0 saturated carbocycles. The summed E-state index contributed by atoms with van der Waals surface area (Å²) >= 11 is 0.718. The maximum absolute atomic E-state index is 12.1. The third kappa shape index (κ3) is 3.25. The molecular weight excluding hydrogens is 288 g/mol. The monoisotopic (exact) mass is 306 g/mol. The van der Waals surface area contributed by atoms with Gasteiger partial charge in [0.1, 0.15) is 0 Å². The van der Waals surface area contributed by atoms with E-state index >= 15 is 0 Å². The third-order valence-electron chi connectivity index (χ3n) is 3.31. The van der Waals surface area contributed by atoms with E-state index in [4.69, 9.17) is 4.74 Å². The van der Waals surface area contributed by atoms with Gasteiger partial charge in [-0.25, -0.2) is 13.1 Å². The molecule has 0 bridgehead atoms. The molecule has 1 aromatic heterocycles. The first-order valence-corrected chi connectivity index (χ1v) is 8.55. The number of aryl methyl sites for hydroxylation is 1. The molecule has 1 aromatic rings. The molecule has 0 aromatic carbocycles. The summed E-state index contributed by atoms with van der Waals surface area (Å²) in [7, 11) is -3.61. The molecule has 1 aliphatic heterocycles. The van der Waals surface area contributed by atoms with Crippen molar-refractivity contribution in [2.24, 2.45) is 5.92 Å². The van der Waals surface area contributed by atoms with Gasteiger partial charge in [0.25, 0.3) is 10.0 Å². The van der Waals surface area contributed by atoms with Crippen molar-refractivity contribution in [2.75, 3.05) is 13.2 Å². The SMILES string of the molecule is CCC1OCCC1CNS(=O)(=O)c1sc(=O)[nH]c1C. The Morgan fingerprint density at radius 3 is 2.84 bits per heavy atom. The van der Waals surface area contributed by atoms with Crippen LogP contribution in [-0.2, 0) is 14.8 Å². The van der Waals surface area contributed by atoms with Crippen LogP contribution in [0.4, 0.5) is 0 Å². The number of ether oxygens (including phenoxy) is 1. The van der Waals surface area contributed by atoms with Crippen molar-refractivity contribution >= 4 is 21.4 Å². The van der Waals surface area contributed by atoms with E-state index < -0.39 is 10.0 Å². The predicted octanol–water partition coefficient (Wildman–Crippen LogP) is 0.838. The lowest BCUT2D eigenvalue weighted by Crippen LogP contribution is -2.32. The van der Waals surface area contributed by atoms with Gasteiger partial charge in [-0.05, 0) is 19.8 Å². The van der Waals surface area contributed by atoms with Gasteiger partial charge in [0.2, 0.25) is 0 Å². The molecule has 8 heteroatoms. The van der Waals surface area contributed by atoms with Gasteiger partial charge in [0.15, 0.2) is 4.21 Å². The highest BCUT2D eigenvalue weighted by Gasteiger charge is 2.29. The average molecular weight is 306 g/mol. The zero-order valence-corrected chi connectivity index (χ0v) is 12.6. The van der Waals surface area contributed by atoms with Gasteiger partial charge in [0.05, 0.1) is 6.10 Å². The number of aromatic nitrogens is 1. The largest absolute Gasteiger partial charge is 0.378 e. The van der Waals surface area contributed by atoms with E-state index in [-0.39, 0.29) is 21.1 Å². The molecule has 2 rings (SSSR count). The molecule has 0 aliphatic carbocycles. The van der Waals surface area contributed by atoms with Crippen LogP contribution in [-0.4, -0.2) is 32.7 Å². The molecule has 0 radical (unpaired) electrons. The summed E-state index contributed by atoms with van der Waals surface area (Å²) in [6.45, 7) is 4.65. The standard InChI is InChI=1S/C11H18N2O4S2/c1-3-9-8(4-5-17-9)6-12-19(15,16)10-7(2)13-11(14)18-10/h8-9,12H,3-6H2,1-2H3,(H,13,14). The quantitative estimate of drug-likeness (QED) is 0.843. The highest BCUT2D eigenvalue weighted by Crippen LogP contribution is 2.23. The van der Waals surface area contributed by atoms with E-state index in [0.29, 0.717) is 18.8 Å². The predicted molar refractivity (Wildman–Crippen MR) is 73.0 cm³/mol. The van der Waals surface area contributed by atoms with E-state index in [0.717, 1.165) is 24.2 Å². The second-order valence-electron chi connectivity index (χ2n) is 4.65. The first-order valence-electron chi connectivity index (χ1n) is 6.25. The molecule has 108 valence electrons. The van der Waals surface area contributed by atoms with Crippen LogP contribution in [0.15, 0.2) is 9.00 Å². The second kappa shape index (κ2) is 5.74. The Kier molecular flexibility index (Phi) is 4.44. The summed E-state index contributed by atoms with van der Waals surface area (Å²) in [5.41, 5.74) is 0.386. The number of nitrogens with one attached hydrogen (secondary N) is 2. The van der Waals surface area contributed by atoms with E-state index in [9.17, 15) is 13.2 Å². The van der Waals surface area contributed by atoms with Crippen molar-refractivity contribution in [3.8, 4) is 0 Å². The van der Waals surface area contributed by atoms with Crippen LogP contribution in [0, 0.1) is 12.8 Å². The van der Waals surface area contributed by atoms with Crippen LogP contribution in [0.1, 0.15) is 25.5 Å². The summed E-state index contributed by atoms with van der Waals surface area (Å²) in [4.78, 5) is 13.3. The molecule has 2 unspecified atom stereocenters. The lowest BCUT2D eigenvalue weighted by atomic mass is 10.0. The van der Waals surface area contributed by atoms with Crippen molar-refractivity contribution in [3.05, 3.63) is 15.4 Å². The smallest absolute Gasteiger partial charge is 0.305 e. The highest BCUT2D eigenvalue weighted by molar-refractivity contribution is 7.91. The van der Waals surface area contributed by atoms with E-state index in [2.05, 4.69) is 9.71 Å². The van der Waals surface area contributed by atoms with Crippen LogP contribution >= 0.6 is 11.3 Å². The molecule has 1 fully saturated rings. The number of H-pyrrole nitrogens is 1. The van der Waals surface area contributed by atoms with Crippen molar-refractivity contribution < 1.29 is 13.2 Å². The molecule has 19 heavy (non-hydrogen) atoms. The summed E-state index contributed by atoms with van der Waals surface area (Å²) in [5, 5.41) is 0. The summed E-state index contributed by atoms with van der Waals surface area (Å²) in [6.07, 6.45) is 1.86. The molecule has 0 spiro atoms. The van der Waals surface area contributed by atoms with Crippen LogP contribution in [0.2, 0.25) is 0 Å². The molecule has 2 atom stereocenters. The van der Waals surface area contributed by atoms with Crippen LogP contribution in [0.5, 0.6) is 0 Å². The van der Waals surface area contributed by atoms with Gasteiger partial charge in [0, 0.05) is 24.8 Å². The lowest BCUT2D eigenvalue weighted by Gasteiger charge is -2.17. The number of hydrogen-bond donors (Lipinski definition) is 2. The van der Waals surface area contributed by atoms with E-state index in [1.807, 2.05) is 6.92 Å². The average Bonchev–Trinajstić information content (AvgIpc) is 2.93. The number of hydrogen-bond acceptors (Lipinski definition) is 5. The van der Waals surface area contributed by atoms with Crippen molar-refractivity contribution in [1.82, 2.24) is 9.71 Å². The normalized spacial score (nSPS) is 23.9. The number of thiazole rings is 1. The van der Waals surface area contributed by atoms with Crippen LogP contribution < -0.4 is 9.60 Å². The topological polar surface area (TPSA) is 88.3 Å². The highest BCUT2D eigenvalue weighted by atomic mass is 32.2. The Morgan fingerprint density at radius 1 is 1.53 bits per heavy atom. The second-order valence-corrected chi connectivity index (χ2v) is 7.59. The first-order chi connectivity index (χ1) is 8.94. The van der Waals surface area contributed by atoms with Gasteiger partial charge >= 0.3 is 4.87 Å². The minimum Gasteiger partial charge on any atom is -0.378 e. The lowest BCUT2D eigenvalue weighted by molar-refractivity contribution is 0.0884. The van der Waals surface area contributed by atoms with Gasteiger partial charge in [-0.1, -0.05) is 18.3 Å². The Balaban J connectivity index is 2.06. The van der Waals surface area contributed by atoms with E-state index in [1.54, 1.807) is 6.92 Å². The van der Waals surface area contributed by atoms with Crippen molar-refractivity contribution in [2.45, 2.75) is 37.0 Å². The minimum atomic E-state index is -3.61.